The van der Waals surface area contributed by atoms with Crippen LogP contribution in [0, 0.1) is 5.92 Å². The van der Waals surface area contributed by atoms with E-state index < -0.39 is 11.5 Å². The van der Waals surface area contributed by atoms with Crippen LogP contribution in [0.15, 0.2) is 22.7 Å². The van der Waals surface area contributed by atoms with Gasteiger partial charge in [-0.3, -0.25) is 9.59 Å². The van der Waals surface area contributed by atoms with E-state index in [0.717, 1.165) is 0 Å². The van der Waals surface area contributed by atoms with Gasteiger partial charge < -0.3 is 10.4 Å². The van der Waals surface area contributed by atoms with Crippen molar-refractivity contribution in [1.82, 2.24) is 5.32 Å². The van der Waals surface area contributed by atoms with Crippen molar-refractivity contribution >= 4 is 39.4 Å². The maximum absolute atomic E-state index is 12.3. The molecule has 0 bridgehead atoms. The van der Waals surface area contributed by atoms with Gasteiger partial charge >= 0.3 is 5.97 Å². The first-order valence-corrected chi connectivity index (χ1v) is 7.32. The molecule has 6 heteroatoms. The number of carbonyl (C=O) groups excluding carboxylic acids is 1. The van der Waals surface area contributed by atoms with E-state index in [4.69, 9.17) is 16.7 Å². The summed E-state index contributed by atoms with van der Waals surface area (Å²) in [4.78, 5) is 23.3. The molecular formula is C14H17BrClNO3. The normalized spacial score (nSPS) is 13.9. The van der Waals surface area contributed by atoms with E-state index in [1.54, 1.807) is 25.1 Å². The highest BCUT2D eigenvalue weighted by Crippen LogP contribution is 2.25. The Labute approximate surface area is 131 Å². The Hall–Kier alpha value is -1.07. The van der Waals surface area contributed by atoms with Gasteiger partial charge in [-0.1, -0.05) is 25.4 Å². The Balaban J connectivity index is 3.02. The molecule has 1 atom stereocenters. The third-order valence-corrected chi connectivity index (χ3v) is 4.29. The zero-order valence-electron chi connectivity index (χ0n) is 11.5. The van der Waals surface area contributed by atoms with E-state index in [9.17, 15) is 9.59 Å². The quantitative estimate of drug-likeness (QED) is 0.839. The number of halogens is 2. The van der Waals surface area contributed by atoms with Gasteiger partial charge in [-0.15, -0.1) is 0 Å². The van der Waals surface area contributed by atoms with Crippen LogP contribution in [0.1, 0.15) is 37.6 Å². The zero-order chi connectivity index (χ0) is 15.5. The van der Waals surface area contributed by atoms with Crippen molar-refractivity contribution in [2.24, 2.45) is 5.92 Å². The SMILES string of the molecule is CC(C)C(C)(CC(=O)O)NC(=O)c1cc(Cl)ccc1Br. The number of benzene rings is 1. The summed E-state index contributed by atoms with van der Waals surface area (Å²) in [5.41, 5.74) is -0.445. The van der Waals surface area contributed by atoms with Gasteiger partial charge in [-0.05, 0) is 47.0 Å². The molecule has 0 fully saturated rings. The third-order valence-electron chi connectivity index (χ3n) is 3.36. The van der Waals surface area contributed by atoms with Crippen LogP contribution in [0.4, 0.5) is 0 Å². The molecule has 0 saturated heterocycles. The van der Waals surface area contributed by atoms with E-state index in [2.05, 4.69) is 21.2 Å². The number of carbonyl (C=O) groups is 2. The Morgan fingerprint density at radius 1 is 1.45 bits per heavy atom. The molecule has 110 valence electrons. The minimum absolute atomic E-state index is 0.0273. The summed E-state index contributed by atoms with van der Waals surface area (Å²) in [6, 6.07) is 4.89. The molecule has 20 heavy (non-hydrogen) atoms. The van der Waals surface area contributed by atoms with Crippen LogP contribution < -0.4 is 5.32 Å². The molecule has 0 radical (unpaired) electrons. The third kappa shape index (κ3) is 4.21. The fourth-order valence-corrected chi connectivity index (χ4v) is 2.30. The summed E-state index contributed by atoms with van der Waals surface area (Å²) in [5, 5.41) is 12.2. The predicted octanol–water partition coefficient (Wildman–Crippen LogP) is 3.72. The second-order valence-electron chi connectivity index (χ2n) is 5.22. The molecule has 0 saturated carbocycles. The lowest BCUT2D eigenvalue weighted by Gasteiger charge is -2.33. The number of carboxylic acid groups (broad SMARTS) is 1. The van der Waals surface area contributed by atoms with Crippen LogP contribution in [0.5, 0.6) is 0 Å². The largest absolute Gasteiger partial charge is 0.481 e. The second kappa shape index (κ2) is 6.59. The zero-order valence-corrected chi connectivity index (χ0v) is 13.9. The fourth-order valence-electron chi connectivity index (χ4n) is 1.70. The molecule has 0 aliphatic rings. The number of hydrogen-bond acceptors (Lipinski definition) is 2. The average molecular weight is 363 g/mol. The number of nitrogens with one attached hydrogen (secondary N) is 1. The van der Waals surface area contributed by atoms with Gasteiger partial charge in [0.2, 0.25) is 0 Å². The summed E-state index contributed by atoms with van der Waals surface area (Å²) < 4.78 is 0.612. The molecule has 4 nitrogen and oxygen atoms in total. The standard InChI is InChI=1S/C14H17BrClNO3/c1-8(2)14(3,7-12(18)19)17-13(20)10-6-9(16)4-5-11(10)15/h4-6,8H,7H2,1-3H3,(H,17,20)(H,18,19). The molecule has 1 amide bonds. The number of amides is 1. The summed E-state index contributed by atoms with van der Waals surface area (Å²) >= 11 is 9.17. The van der Waals surface area contributed by atoms with E-state index in [-0.39, 0.29) is 18.2 Å². The van der Waals surface area contributed by atoms with Crippen molar-refractivity contribution in [2.75, 3.05) is 0 Å². The van der Waals surface area contributed by atoms with Crippen LogP contribution >= 0.6 is 27.5 Å². The van der Waals surface area contributed by atoms with Crippen molar-refractivity contribution in [1.29, 1.82) is 0 Å². The highest BCUT2D eigenvalue weighted by Gasteiger charge is 2.33. The van der Waals surface area contributed by atoms with Gasteiger partial charge in [-0.2, -0.15) is 0 Å². The van der Waals surface area contributed by atoms with E-state index in [0.29, 0.717) is 15.1 Å². The number of carboxylic acids is 1. The molecule has 0 heterocycles. The lowest BCUT2D eigenvalue weighted by molar-refractivity contribution is -0.138. The summed E-state index contributed by atoms with van der Waals surface area (Å²) in [5.74, 6) is -1.33. The van der Waals surface area contributed by atoms with Gasteiger partial charge in [0.05, 0.1) is 17.5 Å². The molecule has 1 rings (SSSR count). The van der Waals surface area contributed by atoms with Crippen molar-refractivity contribution in [2.45, 2.75) is 32.7 Å². The van der Waals surface area contributed by atoms with Crippen LogP contribution in [-0.4, -0.2) is 22.5 Å². The topological polar surface area (TPSA) is 66.4 Å². The minimum Gasteiger partial charge on any atom is -0.481 e. The highest BCUT2D eigenvalue weighted by molar-refractivity contribution is 9.10. The average Bonchev–Trinajstić information content (AvgIpc) is 2.30. The summed E-state index contributed by atoms with van der Waals surface area (Å²) in [7, 11) is 0. The van der Waals surface area contributed by atoms with Crippen LogP contribution in [0.2, 0.25) is 5.02 Å². The fraction of sp³-hybridized carbons (Fsp3) is 0.429. The maximum atomic E-state index is 12.3. The van der Waals surface area contributed by atoms with Crippen LogP contribution in [0.25, 0.3) is 0 Å². The van der Waals surface area contributed by atoms with E-state index >= 15 is 0 Å². The van der Waals surface area contributed by atoms with Crippen molar-refractivity contribution < 1.29 is 14.7 Å². The molecule has 1 unspecified atom stereocenters. The van der Waals surface area contributed by atoms with Crippen molar-refractivity contribution in [3.8, 4) is 0 Å². The molecule has 1 aromatic carbocycles. The number of rotatable bonds is 5. The minimum atomic E-state index is -0.952. The molecule has 2 N–H and O–H groups in total. The molecule has 0 aliphatic carbocycles. The van der Waals surface area contributed by atoms with Crippen molar-refractivity contribution in [3.05, 3.63) is 33.3 Å². The first-order valence-electron chi connectivity index (χ1n) is 6.15. The van der Waals surface area contributed by atoms with Crippen molar-refractivity contribution in [3.63, 3.8) is 0 Å². The molecule has 0 spiro atoms. The maximum Gasteiger partial charge on any atom is 0.305 e. The van der Waals surface area contributed by atoms with Gasteiger partial charge in [0.25, 0.3) is 5.91 Å². The van der Waals surface area contributed by atoms with Crippen LogP contribution in [0.3, 0.4) is 0 Å². The van der Waals surface area contributed by atoms with Crippen LogP contribution in [-0.2, 0) is 4.79 Å². The first kappa shape index (κ1) is 17.0. The van der Waals surface area contributed by atoms with E-state index in [1.807, 2.05) is 13.8 Å². The monoisotopic (exact) mass is 361 g/mol. The Morgan fingerprint density at radius 2 is 2.05 bits per heavy atom. The van der Waals surface area contributed by atoms with E-state index in [1.165, 1.54) is 0 Å². The Bertz CT molecular complexity index is 533. The van der Waals surface area contributed by atoms with Gasteiger partial charge in [0, 0.05) is 9.50 Å². The number of aliphatic carboxylic acids is 1. The Kier molecular flexibility index (Phi) is 5.59. The molecular weight excluding hydrogens is 346 g/mol. The number of hydrogen-bond donors (Lipinski definition) is 2. The second-order valence-corrected chi connectivity index (χ2v) is 6.51. The molecule has 1 aromatic rings. The Morgan fingerprint density at radius 3 is 2.55 bits per heavy atom. The lowest BCUT2D eigenvalue weighted by Crippen LogP contribution is -2.51. The van der Waals surface area contributed by atoms with Gasteiger partial charge in [0.15, 0.2) is 0 Å². The summed E-state index contributed by atoms with van der Waals surface area (Å²) in [6.45, 7) is 5.47. The lowest BCUT2D eigenvalue weighted by atomic mass is 9.85. The van der Waals surface area contributed by atoms with Gasteiger partial charge in [-0.25, -0.2) is 0 Å². The first-order chi connectivity index (χ1) is 9.15. The molecule has 0 aromatic heterocycles. The highest BCUT2D eigenvalue weighted by atomic mass is 79.9. The predicted molar refractivity (Wildman–Crippen MR) is 82.1 cm³/mol. The smallest absolute Gasteiger partial charge is 0.305 e. The summed E-state index contributed by atoms with van der Waals surface area (Å²) in [6.07, 6.45) is -0.144. The molecule has 0 aliphatic heterocycles. The van der Waals surface area contributed by atoms with Gasteiger partial charge in [0.1, 0.15) is 0 Å².